The summed E-state index contributed by atoms with van der Waals surface area (Å²) in [6.45, 7) is 12.7. The number of hydrogen-bond donors (Lipinski definition) is 1. The molecule has 0 heterocycles. The molecule has 0 radical (unpaired) electrons. The molecule has 0 aromatic rings. The maximum absolute atomic E-state index is 11.5. The van der Waals surface area contributed by atoms with Crippen molar-refractivity contribution in [3.63, 3.8) is 0 Å². The van der Waals surface area contributed by atoms with Crippen molar-refractivity contribution >= 4 is 17.7 Å². The van der Waals surface area contributed by atoms with Crippen LogP contribution >= 0.6 is 11.8 Å². The molecule has 0 bridgehead atoms. The van der Waals surface area contributed by atoms with E-state index in [1.807, 2.05) is 32.5 Å². The number of hydrogen-bond acceptors (Lipinski definition) is 2. The summed E-state index contributed by atoms with van der Waals surface area (Å²) < 4.78 is 0. The minimum atomic E-state index is -0.105. The van der Waals surface area contributed by atoms with Crippen LogP contribution < -0.4 is 5.32 Å². The highest BCUT2D eigenvalue weighted by Gasteiger charge is 2.14. The molecule has 0 aromatic carbocycles. The zero-order valence-electron chi connectivity index (χ0n) is 10.9. The summed E-state index contributed by atoms with van der Waals surface area (Å²) >= 11 is 1.85. The van der Waals surface area contributed by atoms with E-state index in [0.717, 1.165) is 11.5 Å². The predicted octanol–water partition coefficient (Wildman–Crippen LogP) is 3.07. The molecule has 0 atom stereocenters. The molecule has 90 valence electrons. The van der Waals surface area contributed by atoms with E-state index in [1.165, 1.54) is 0 Å². The van der Waals surface area contributed by atoms with Crippen LogP contribution in [0.5, 0.6) is 0 Å². The molecule has 0 rings (SSSR count). The van der Waals surface area contributed by atoms with E-state index in [9.17, 15) is 4.79 Å². The van der Waals surface area contributed by atoms with Crippen molar-refractivity contribution in [3.05, 3.63) is 0 Å². The van der Waals surface area contributed by atoms with Crippen LogP contribution in [-0.2, 0) is 4.79 Å². The fraction of sp³-hybridized carbons (Fsp3) is 0.917. The Morgan fingerprint density at radius 2 is 1.67 bits per heavy atom. The lowest BCUT2D eigenvalue weighted by molar-refractivity contribution is -0.122. The highest BCUT2D eigenvalue weighted by molar-refractivity contribution is 7.99. The molecule has 0 aliphatic rings. The summed E-state index contributed by atoms with van der Waals surface area (Å²) in [5.74, 6) is 2.18. The van der Waals surface area contributed by atoms with E-state index in [-0.39, 0.29) is 11.4 Å². The normalized spacial score (nSPS) is 12.7. The highest BCUT2D eigenvalue weighted by atomic mass is 32.2. The Morgan fingerprint density at radius 3 is 2.07 bits per heavy atom. The summed E-state index contributed by atoms with van der Waals surface area (Å²) in [6, 6.07) is 0. The fourth-order valence-electron chi connectivity index (χ4n) is 1.02. The Morgan fingerprint density at radius 1 is 1.13 bits per heavy atom. The smallest absolute Gasteiger partial charge is 0.221 e. The number of carbonyl (C=O) groups excluding carboxylic acids is 1. The second-order valence-corrected chi connectivity index (χ2v) is 7.27. The number of rotatable bonds is 4. The molecule has 0 aromatic heterocycles. The van der Waals surface area contributed by atoms with Crippen molar-refractivity contribution in [1.82, 2.24) is 5.32 Å². The summed E-state index contributed by atoms with van der Waals surface area (Å²) in [5, 5.41) is 2.96. The van der Waals surface area contributed by atoms with Gasteiger partial charge in [-0.15, -0.1) is 0 Å². The Kier molecular flexibility index (Phi) is 5.71. The largest absolute Gasteiger partial charge is 0.351 e. The van der Waals surface area contributed by atoms with Crippen molar-refractivity contribution < 1.29 is 4.79 Å². The topological polar surface area (TPSA) is 29.1 Å². The fourth-order valence-corrected chi connectivity index (χ4v) is 2.11. The lowest BCUT2D eigenvalue weighted by Crippen LogP contribution is -2.40. The Labute approximate surface area is 98.6 Å². The first-order valence-corrected chi connectivity index (χ1v) is 6.64. The highest BCUT2D eigenvalue weighted by Crippen LogP contribution is 2.20. The Balaban J connectivity index is 3.57. The van der Waals surface area contributed by atoms with Crippen LogP contribution in [0.2, 0.25) is 0 Å². The predicted molar refractivity (Wildman–Crippen MR) is 69.3 cm³/mol. The van der Waals surface area contributed by atoms with Gasteiger partial charge >= 0.3 is 0 Å². The van der Waals surface area contributed by atoms with E-state index in [0.29, 0.717) is 11.8 Å². The van der Waals surface area contributed by atoms with Crippen molar-refractivity contribution in [2.75, 3.05) is 11.5 Å². The minimum Gasteiger partial charge on any atom is -0.351 e. The molecular formula is C12H25NOS. The molecule has 1 N–H and O–H groups in total. The third-order valence-corrected chi connectivity index (χ3v) is 3.09. The van der Waals surface area contributed by atoms with E-state index < -0.39 is 0 Å². The van der Waals surface area contributed by atoms with Gasteiger partial charge in [-0.3, -0.25) is 4.79 Å². The molecule has 3 heteroatoms. The van der Waals surface area contributed by atoms with Gasteiger partial charge in [-0.05, 0) is 31.9 Å². The summed E-state index contributed by atoms with van der Waals surface area (Å²) in [5.41, 5.74) is 0.247. The second kappa shape index (κ2) is 5.78. The molecule has 0 aliphatic heterocycles. The quantitative estimate of drug-likeness (QED) is 0.753. The third kappa shape index (κ3) is 11.7. The van der Waals surface area contributed by atoms with Gasteiger partial charge in [-0.2, -0.15) is 11.8 Å². The molecule has 15 heavy (non-hydrogen) atoms. The lowest BCUT2D eigenvalue weighted by Gasteiger charge is -2.21. The zero-order valence-corrected chi connectivity index (χ0v) is 11.8. The molecule has 0 aliphatic carbocycles. The maximum atomic E-state index is 11.5. The SMILES string of the molecule is CC(C)(C)CSCCC(=O)NC(C)(C)C. The van der Waals surface area contributed by atoms with Gasteiger partial charge in [0.15, 0.2) is 0 Å². The molecule has 1 amide bonds. The minimum absolute atomic E-state index is 0.105. The van der Waals surface area contributed by atoms with Crippen LogP contribution in [0.3, 0.4) is 0 Å². The summed E-state index contributed by atoms with van der Waals surface area (Å²) in [7, 11) is 0. The third-order valence-electron chi connectivity index (χ3n) is 1.52. The van der Waals surface area contributed by atoms with Gasteiger partial charge in [0.2, 0.25) is 5.91 Å². The average molecular weight is 231 g/mol. The number of amides is 1. The Bertz CT molecular complexity index is 201. The van der Waals surface area contributed by atoms with Gasteiger partial charge in [0.25, 0.3) is 0 Å². The van der Waals surface area contributed by atoms with Gasteiger partial charge in [-0.25, -0.2) is 0 Å². The number of carbonyl (C=O) groups is 1. The molecular weight excluding hydrogens is 206 g/mol. The molecule has 0 unspecified atom stereocenters. The first-order chi connectivity index (χ1) is 6.60. The molecule has 0 spiro atoms. The average Bonchev–Trinajstić information content (AvgIpc) is 1.92. The van der Waals surface area contributed by atoms with Gasteiger partial charge in [0.05, 0.1) is 0 Å². The van der Waals surface area contributed by atoms with Crippen LogP contribution in [0.15, 0.2) is 0 Å². The Hall–Kier alpha value is -0.180. The number of nitrogens with one attached hydrogen (secondary N) is 1. The lowest BCUT2D eigenvalue weighted by atomic mass is 10.0. The zero-order chi connectivity index (χ0) is 12.1. The van der Waals surface area contributed by atoms with Crippen molar-refractivity contribution in [2.45, 2.75) is 53.5 Å². The van der Waals surface area contributed by atoms with E-state index >= 15 is 0 Å². The molecule has 2 nitrogen and oxygen atoms in total. The number of thioether (sulfide) groups is 1. The van der Waals surface area contributed by atoms with Crippen molar-refractivity contribution in [3.8, 4) is 0 Å². The van der Waals surface area contributed by atoms with Crippen LogP contribution in [0.1, 0.15) is 48.0 Å². The van der Waals surface area contributed by atoms with Crippen LogP contribution in [-0.4, -0.2) is 23.0 Å². The van der Waals surface area contributed by atoms with Crippen LogP contribution in [0.25, 0.3) is 0 Å². The van der Waals surface area contributed by atoms with Crippen LogP contribution in [0, 0.1) is 5.41 Å². The van der Waals surface area contributed by atoms with Gasteiger partial charge in [0, 0.05) is 17.7 Å². The molecule has 0 saturated carbocycles. The standard InChI is InChI=1S/C12H25NOS/c1-11(2,3)9-15-8-7-10(14)13-12(4,5)6/h7-9H2,1-6H3,(H,13,14). The maximum Gasteiger partial charge on any atom is 0.221 e. The van der Waals surface area contributed by atoms with Crippen molar-refractivity contribution in [1.29, 1.82) is 0 Å². The van der Waals surface area contributed by atoms with Crippen LogP contribution in [0.4, 0.5) is 0 Å². The van der Waals surface area contributed by atoms with E-state index in [2.05, 4.69) is 26.1 Å². The first-order valence-electron chi connectivity index (χ1n) is 5.49. The van der Waals surface area contributed by atoms with E-state index in [4.69, 9.17) is 0 Å². The van der Waals surface area contributed by atoms with Gasteiger partial charge in [0.1, 0.15) is 0 Å². The molecule has 0 fully saturated rings. The van der Waals surface area contributed by atoms with E-state index in [1.54, 1.807) is 0 Å². The summed E-state index contributed by atoms with van der Waals surface area (Å²) in [6.07, 6.45) is 0.623. The first kappa shape index (κ1) is 14.8. The van der Waals surface area contributed by atoms with Gasteiger partial charge < -0.3 is 5.32 Å². The van der Waals surface area contributed by atoms with Gasteiger partial charge in [-0.1, -0.05) is 20.8 Å². The van der Waals surface area contributed by atoms with Crippen molar-refractivity contribution in [2.24, 2.45) is 5.41 Å². The molecule has 0 saturated heterocycles. The monoisotopic (exact) mass is 231 g/mol. The summed E-state index contributed by atoms with van der Waals surface area (Å²) in [4.78, 5) is 11.5. The second-order valence-electron chi connectivity index (χ2n) is 6.16.